The predicted molar refractivity (Wildman–Crippen MR) is 84.1 cm³/mol. The fourth-order valence-corrected chi connectivity index (χ4v) is 3.72. The molecule has 2 aromatic rings. The standard InChI is InChI=1S/C17H16F2N2.ClH/c18-12-3-1-2-10(6-12)15-7-11(9-20-17(15)19)14-8-13-4-5-16(14)21-13;/h1-3,6-7,9,13-14,16,21H,4-5,8H2;1H. The third-order valence-electron chi connectivity index (χ3n) is 4.72. The summed E-state index contributed by atoms with van der Waals surface area (Å²) in [6, 6.07) is 8.92. The Balaban J connectivity index is 0.00000144. The van der Waals surface area contributed by atoms with Crippen molar-refractivity contribution in [3.05, 3.63) is 53.9 Å². The number of hydrogen-bond donors (Lipinski definition) is 1. The Hall–Kier alpha value is -1.52. The van der Waals surface area contributed by atoms with E-state index in [4.69, 9.17) is 0 Å². The topological polar surface area (TPSA) is 24.9 Å². The highest BCUT2D eigenvalue weighted by Gasteiger charge is 2.39. The van der Waals surface area contributed by atoms with Crippen molar-refractivity contribution in [2.75, 3.05) is 0 Å². The zero-order valence-corrected chi connectivity index (χ0v) is 12.7. The van der Waals surface area contributed by atoms with Crippen LogP contribution in [0.2, 0.25) is 0 Å². The maximum atomic E-state index is 14.0. The van der Waals surface area contributed by atoms with E-state index in [1.54, 1.807) is 18.3 Å². The normalized spacial score (nSPS) is 26.0. The molecule has 2 fully saturated rings. The van der Waals surface area contributed by atoms with Crippen LogP contribution in [0.1, 0.15) is 30.7 Å². The number of hydrogen-bond acceptors (Lipinski definition) is 2. The van der Waals surface area contributed by atoms with Crippen LogP contribution >= 0.6 is 12.4 Å². The van der Waals surface area contributed by atoms with Crippen LogP contribution in [0, 0.1) is 11.8 Å². The molecule has 0 aliphatic carbocycles. The summed E-state index contributed by atoms with van der Waals surface area (Å²) in [6.07, 6.45) is 5.11. The van der Waals surface area contributed by atoms with Crippen LogP contribution in [0.3, 0.4) is 0 Å². The van der Waals surface area contributed by atoms with Crippen LogP contribution in [0.4, 0.5) is 8.78 Å². The Morgan fingerprint density at radius 3 is 2.68 bits per heavy atom. The van der Waals surface area contributed by atoms with E-state index in [1.165, 1.54) is 25.0 Å². The molecule has 3 heterocycles. The smallest absolute Gasteiger partial charge is 0.220 e. The van der Waals surface area contributed by atoms with E-state index in [9.17, 15) is 8.78 Å². The average Bonchev–Trinajstić information content (AvgIpc) is 3.10. The van der Waals surface area contributed by atoms with Gasteiger partial charge >= 0.3 is 0 Å². The molecule has 2 bridgehead atoms. The number of fused-ring (bicyclic) bond motifs is 2. The number of halogens is 3. The molecular weight excluding hydrogens is 306 g/mol. The fourth-order valence-electron chi connectivity index (χ4n) is 3.72. The molecule has 2 aliphatic heterocycles. The number of nitrogens with zero attached hydrogens (tertiary/aromatic N) is 1. The molecule has 0 saturated carbocycles. The van der Waals surface area contributed by atoms with Crippen LogP contribution in [-0.4, -0.2) is 17.1 Å². The van der Waals surface area contributed by atoms with Gasteiger partial charge in [0.15, 0.2) is 0 Å². The summed E-state index contributed by atoms with van der Waals surface area (Å²) in [4.78, 5) is 3.90. The lowest BCUT2D eigenvalue weighted by molar-refractivity contribution is 0.502. The highest BCUT2D eigenvalue weighted by atomic mass is 35.5. The largest absolute Gasteiger partial charge is 0.311 e. The molecule has 0 radical (unpaired) electrons. The molecule has 2 saturated heterocycles. The van der Waals surface area contributed by atoms with Gasteiger partial charge in [0.1, 0.15) is 5.82 Å². The van der Waals surface area contributed by atoms with E-state index in [-0.39, 0.29) is 18.2 Å². The van der Waals surface area contributed by atoms with E-state index in [1.807, 2.05) is 6.07 Å². The Kier molecular flexibility index (Phi) is 4.15. The summed E-state index contributed by atoms with van der Waals surface area (Å²) >= 11 is 0. The number of rotatable bonds is 2. The number of pyridine rings is 1. The second-order valence-electron chi connectivity index (χ2n) is 6.01. The number of aromatic nitrogens is 1. The fraction of sp³-hybridized carbons (Fsp3) is 0.353. The van der Waals surface area contributed by atoms with Gasteiger partial charge in [0.2, 0.25) is 5.95 Å². The van der Waals surface area contributed by atoms with E-state index in [0.29, 0.717) is 29.1 Å². The minimum atomic E-state index is -0.541. The number of nitrogens with one attached hydrogen (secondary N) is 1. The first-order valence-corrected chi connectivity index (χ1v) is 7.38. The summed E-state index contributed by atoms with van der Waals surface area (Å²) in [6.45, 7) is 0. The van der Waals surface area contributed by atoms with Crippen molar-refractivity contribution in [3.8, 4) is 11.1 Å². The third kappa shape index (κ3) is 2.61. The first-order valence-electron chi connectivity index (χ1n) is 7.38. The molecule has 0 amide bonds. The van der Waals surface area contributed by atoms with Crippen molar-refractivity contribution in [2.45, 2.75) is 37.3 Å². The predicted octanol–water partition coefficient (Wildman–Crippen LogP) is 4.06. The molecule has 5 heteroatoms. The molecule has 2 nitrogen and oxygen atoms in total. The second-order valence-corrected chi connectivity index (χ2v) is 6.01. The quantitative estimate of drug-likeness (QED) is 0.844. The molecule has 0 spiro atoms. The Morgan fingerprint density at radius 1 is 1.14 bits per heavy atom. The second kappa shape index (κ2) is 5.94. The van der Waals surface area contributed by atoms with Gasteiger partial charge in [-0.15, -0.1) is 12.4 Å². The molecule has 3 atom stereocenters. The third-order valence-corrected chi connectivity index (χ3v) is 4.72. The van der Waals surface area contributed by atoms with E-state index >= 15 is 0 Å². The summed E-state index contributed by atoms with van der Waals surface area (Å²) in [5, 5.41) is 3.58. The molecule has 1 N–H and O–H groups in total. The molecule has 1 aromatic heterocycles. The highest BCUT2D eigenvalue weighted by molar-refractivity contribution is 5.85. The van der Waals surface area contributed by atoms with Crippen LogP contribution in [0.15, 0.2) is 36.5 Å². The Bertz CT molecular complexity index is 692. The van der Waals surface area contributed by atoms with Crippen molar-refractivity contribution in [1.82, 2.24) is 10.3 Å². The molecule has 3 unspecified atom stereocenters. The SMILES string of the molecule is Cl.Fc1cccc(-c2cc(C3CC4CCC3N4)cnc2F)c1. The molecular formula is C17H17ClF2N2. The van der Waals surface area contributed by atoms with Crippen molar-refractivity contribution < 1.29 is 8.78 Å². The molecule has 22 heavy (non-hydrogen) atoms. The first kappa shape index (κ1) is 15.4. The van der Waals surface area contributed by atoms with Gasteiger partial charge in [-0.1, -0.05) is 12.1 Å². The van der Waals surface area contributed by atoms with Crippen LogP contribution < -0.4 is 5.32 Å². The van der Waals surface area contributed by atoms with Crippen molar-refractivity contribution in [1.29, 1.82) is 0 Å². The van der Waals surface area contributed by atoms with Gasteiger partial charge in [-0.25, -0.2) is 9.37 Å². The lowest BCUT2D eigenvalue weighted by atomic mass is 9.84. The Morgan fingerprint density at radius 2 is 2.00 bits per heavy atom. The lowest BCUT2D eigenvalue weighted by Gasteiger charge is -2.20. The van der Waals surface area contributed by atoms with Gasteiger partial charge in [0, 0.05) is 29.8 Å². The molecule has 2 aliphatic rings. The lowest BCUT2D eigenvalue weighted by Crippen LogP contribution is -2.21. The van der Waals surface area contributed by atoms with E-state index in [0.717, 1.165) is 12.0 Å². The van der Waals surface area contributed by atoms with Crippen LogP contribution in [0.25, 0.3) is 11.1 Å². The minimum Gasteiger partial charge on any atom is -0.311 e. The van der Waals surface area contributed by atoms with Gasteiger partial charge in [0.05, 0.1) is 0 Å². The molecule has 116 valence electrons. The van der Waals surface area contributed by atoms with E-state index in [2.05, 4.69) is 10.3 Å². The Labute approximate surface area is 134 Å². The molecule has 4 rings (SSSR count). The molecule has 1 aromatic carbocycles. The van der Waals surface area contributed by atoms with Crippen LogP contribution in [0.5, 0.6) is 0 Å². The summed E-state index contributed by atoms with van der Waals surface area (Å²) in [7, 11) is 0. The zero-order valence-electron chi connectivity index (χ0n) is 11.9. The zero-order chi connectivity index (χ0) is 14.4. The van der Waals surface area contributed by atoms with Gasteiger partial charge in [-0.3, -0.25) is 0 Å². The summed E-state index contributed by atoms with van der Waals surface area (Å²) < 4.78 is 27.4. The maximum absolute atomic E-state index is 14.0. The van der Waals surface area contributed by atoms with Crippen molar-refractivity contribution in [3.63, 3.8) is 0 Å². The van der Waals surface area contributed by atoms with Crippen molar-refractivity contribution >= 4 is 12.4 Å². The van der Waals surface area contributed by atoms with E-state index < -0.39 is 5.95 Å². The maximum Gasteiger partial charge on any atom is 0.220 e. The monoisotopic (exact) mass is 322 g/mol. The number of benzene rings is 1. The first-order chi connectivity index (χ1) is 10.2. The van der Waals surface area contributed by atoms with Gasteiger partial charge in [-0.2, -0.15) is 4.39 Å². The van der Waals surface area contributed by atoms with Gasteiger partial charge < -0.3 is 5.32 Å². The van der Waals surface area contributed by atoms with Gasteiger partial charge in [-0.05, 0) is 48.6 Å². The highest BCUT2D eigenvalue weighted by Crippen LogP contribution is 2.40. The van der Waals surface area contributed by atoms with Crippen LogP contribution in [-0.2, 0) is 0 Å². The minimum absolute atomic E-state index is 0. The summed E-state index contributed by atoms with van der Waals surface area (Å²) in [5.41, 5.74) is 1.98. The average molecular weight is 323 g/mol. The van der Waals surface area contributed by atoms with Gasteiger partial charge in [0.25, 0.3) is 0 Å². The van der Waals surface area contributed by atoms with Crippen molar-refractivity contribution in [2.24, 2.45) is 0 Å². The summed E-state index contributed by atoms with van der Waals surface area (Å²) in [5.74, 6) is -0.511.